The van der Waals surface area contributed by atoms with Gasteiger partial charge in [-0.3, -0.25) is 0 Å². The summed E-state index contributed by atoms with van der Waals surface area (Å²) < 4.78 is 10.7. The lowest BCUT2D eigenvalue weighted by Crippen LogP contribution is -2.15. The quantitative estimate of drug-likeness (QED) is 0.161. The Labute approximate surface area is 203 Å². The molecule has 33 heavy (non-hydrogen) atoms. The average Bonchev–Trinajstić information content (AvgIpc) is 2.83. The van der Waals surface area contributed by atoms with E-state index in [9.17, 15) is 9.59 Å². The van der Waals surface area contributed by atoms with Crippen molar-refractivity contribution in [1.29, 1.82) is 0 Å². The topological polar surface area (TPSA) is 52.6 Å². The summed E-state index contributed by atoms with van der Waals surface area (Å²) in [4.78, 5) is 24.7. The summed E-state index contributed by atoms with van der Waals surface area (Å²) in [7, 11) is 0. The zero-order valence-corrected chi connectivity index (χ0v) is 22.0. The van der Waals surface area contributed by atoms with Crippen molar-refractivity contribution < 1.29 is 19.1 Å². The predicted octanol–water partition coefficient (Wildman–Crippen LogP) is 8.92. The largest absolute Gasteiger partial charge is 0.462 e. The number of hydrogen-bond donors (Lipinski definition) is 0. The molecule has 0 saturated heterocycles. The molecule has 0 unspecified atom stereocenters. The van der Waals surface area contributed by atoms with Crippen LogP contribution in [0.2, 0.25) is 0 Å². The predicted molar refractivity (Wildman–Crippen MR) is 139 cm³/mol. The third-order valence-electron chi connectivity index (χ3n) is 5.54. The van der Waals surface area contributed by atoms with E-state index < -0.39 is 11.9 Å². The molecule has 4 heteroatoms. The van der Waals surface area contributed by atoms with Gasteiger partial charge >= 0.3 is 11.9 Å². The summed E-state index contributed by atoms with van der Waals surface area (Å²) in [5.74, 6) is -0.888. The van der Waals surface area contributed by atoms with Crippen LogP contribution >= 0.6 is 0 Å². The molecule has 0 amide bonds. The maximum atomic E-state index is 12.4. The van der Waals surface area contributed by atoms with Gasteiger partial charge in [0.15, 0.2) is 0 Å². The number of rotatable bonds is 18. The van der Waals surface area contributed by atoms with Crippen LogP contribution in [0.1, 0.15) is 145 Å². The number of ether oxygens (including phenoxy) is 2. The molecule has 0 heterocycles. The summed E-state index contributed by atoms with van der Waals surface area (Å²) in [5, 5.41) is 0. The number of carbonyl (C=O) groups is 2. The summed E-state index contributed by atoms with van der Waals surface area (Å²) in [6.07, 6.45) is 17.7. The molecule has 0 spiro atoms. The fourth-order valence-corrected chi connectivity index (χ4v) is 3.44. The van der Waals surface area contributed by atoms with Crippen molar-refractivity contribution in [1.82, 2.24) is 0 Å². The minimum absolute atomic E-state index is 0.293. The molecule has 0 aliphatic heterocycles. The minimum Gasteiger partial charge on any atom is -0.462 e. The Bertz CT molecular complexity index is 546. The monoisotopic (exact) mass is 462 g/mol. The van der Waals surface area contributed by atoms with Crippen molar-refractivity contribution in [2.24, 2.45) is 0 Å². The van der Waals surface area contributed by atoms with Crippen molar-refractivity contribution >= 4 is 11.9 Å². The van der Waals surface area contributed by atoms with Crippen LogP contribution in [0.3, 0.4) is 0 Å². The number of unbranched alkanes of at least 4 members (excludes halogenated alkanes) is 12. The van der Waals surface area contributed by atoms with Gasteiger partial charge in [0.2, 0.25) is 0 Å². The third-order valence-corrected chi connectivity index (χ3v) is 5.54. The summed E-state index contributed by atoms with van der Waals surface area (Å²) in [6.45, 7) is 9.60. The first-order valence-electron chi connectivity index (χ1n) is 13.5. The molecule has 190 valence electrons. The Balaban J connectivity index is 0.00000184. The van der Waals surface area contributed by atoms with Gasteiger partial charge in [-0.15, -0.1) is 0 Å². The van der Waals surface area contributed by atoms with Crippen LogP contribution in [0.15, 0.2) is 24.3 Å². The molecule has 4 nitrogen and oxygen atoms in total. The van der Waals surface area contributed by atoms with E-state index in [2.05, 4.69) is 27.7 Å². The molecule has 0 fully saturated rings. The van der Waals surface area contributed by atoms with Crippen molar-refractivity contribution in [2.45, 2.75) is 124 Å². The summed E-state index contributed by atoms with van der Waals surface area (Å²) in [5.41, 5.74) is 0.586. The second kappa shape index (κ2) is 23.3. The van der Waals surface area contributed by atoms with Crippen LogP contribution in [0, 0.1) is 0 Å². The van der Waals surface area contributed by atoms with Crippen LogP contribution in [-0.2, 0) is 9.47 Å². The molecule has 0 radical (unpaired) electrons. The molecule has 0 atom stereocenters. The van der Waals surface area contributed by atoms with Crippen molar-refractivity contribution in [3.63, 3.8) is 0 Å². The Morgan fingerprint density at radius 2 is 0.848 bits per heavy atom. The van der Waals surface area contributed by atoms with Gasteiger partial charge in [0.1, 0.15) is 0 Å². The Morgan fingerprint density at radius 3 is 1.18 bits per heavy atom. The highest BCUT2D eigenvalue weighted by Crippen LogP contribution is 2.14. The molecule has 0 aliphatic carbocycles. The van der Waals surface area contributed by atoms with Gasteiger partial charge in [-0.25, -0.2) is 9.59 Å². The van der Waals surface area contributed by atoms with Gasteiger partial charge in [0, 0.05) is 0 Å². The number of benzene rings is 1. The van der Waals surface area contributed by atoms with Gasteiger partial charge in [0.25, 0.3) is 0 Å². The molecule has 0 N–H and O–H groups in total. The number of esters is 2. The molecule has 0 saturated carbocycles. The fraction of sp³-hybridized carbons (Fsp3) is 0.724. The molecule has 1 rings (SSSR count). The number of carbonyl (C=O) groups excluding carboxylic acids is 2. The van der Waals surface area contributed by atoms with E-state index in [1.807, 2.05) is 0 Å². The SMILES string of the molecule is CCCCC.CCCCCCCCOC(=O)c1ccccc1C(=O)OCCCCCCCC. The maximum Gasteiger partial charge on any atom is 0.339 e. The molecule has 0 bridgehead atoms. The highest BCUT2D eigenvalue weighted by Gasteiger charge is 2.18. The number of hydrogen-bond acceptors (Lipinski definition) is 4. The first kappa shape index (κ1) is 31.2. The normalized spacial score (nSPS) is 10.3. The van der Waals surface area contributed by atoms with Gasteiger partial charge in [-0.2, -0.15) is 0 Å². The van der Waals surface area contributed by atoms with Gasteiger partial charge < -0.3 is 9.47 Å². The molecule has 0 aliphatic rings. The molecule has 0 aromatic heterocycles. The Morgan fingerprint density at radius 1 is 0.515 bits per heavy atom. The average molecular weight is 463 g/mol. The lowest BCUT2D eigenvalue weighted by atomic mass is 10.1. The van der Waals surface area contributed by atoms with Crippen molar-refractivity contribution in [3.8, 4) is 0 Å². The first-order chi connectivity index (χ1) is 16.1. The lowest BCUT2D eigenvalue weighted by Gasteiger charge is -2.10. The molecular weight excluding hydrogens is 412 g/mol. The van der Waals surface area contributed by atoms with E-state index in [-0.39, 0.29) is 0 Å². The Hall–Kier alpha value is -1.84. The zero-order chi connectivity index (χ0) is 24.6. The van der Waals surface area contributed by atoms with E-state index in [1.165, 1.54) is 70.6 Å². The van der Waals surface area contributed by atoms with Gasteiger partial charge in [0.05, 0.1) is 24.3 Å². The van der Waals surface area contributed by atoms with E-state index in [1.54, 1.807) is 24.3 Å². The summed E-state index contributed by atoms with van der Waals surface area (Å²) >= 11 is 0. The summed E-state index contributed by atoms with van der Waals surface area (Å²) in [6, 6.07) is 6.74. The van der Waals surface area contributed by atoms with Crippen LogP contribution in [-0.4, -0.2) is 25.2 Å². The first-order valence-corrected chi connectivity index (χ1v) is 13.5. The van der Waals surface area contributed by atoms with Gasteiger partial charge in [-0.1, -0.05) is 123 Å². The van der Waals surface area contributed by atoms with Crippen molar-refractivity contribution in [3.05, 3.63) is 35.4 Å². The second-order valence-electron chi connectivity index (χ2n) is 8.71. The maximum absolute atomic E-state index is 12.4. The van der Waals surface area contributed by atoms with Crippen LogP contribution in [0.25, 0.3) is 0 Å². The van der Waals surface area contributed by atoms with E-state index in [0.29, 0.717) is 24.3 Å². The van der Waals surface area contributed by atoms with E-state index >= 15 is 0 Å². The minimum atomic E-state index is -0.444. The highest BCUT2D eigenvalue weighted by molar-refractivity contribution is 6.03. The standard InChI is InChI=1S/C24H38O4.C5H12/c1-3-5-7-9-11-15-19-27-23(25)21-17-13-14-18-22(21)24(26)28-20-16-12-10-8-6-4-2;1-3-5-4-2/h13-14,17-18H,3-12,15-16,19-20H2,1-2H3;3-5H2,1-2H3. The molecule has 1 aromatic carbocycles. The highest BCUT2D eigenvalue weighted by atomic mass is 16.5. The Kier molecular flexibility index (Phi) is 22.0. The second-order valence-corrected chi connectivity index (χ2v) is 8.71. The smallest absolute Gasteiger partial charge is 0.339 e. The molecule has 1 aromatic rings. The van der Waals surface area contributed by atoms with Gasteiger partial charge in [-0.05, 0) is 25.0 Å². The zero-order valence-electron chi connectivity index (χ0n) is 22.0. The van der Waals surface area contributed by atoms with E-state index in [0.717, 1.165) is 25.7 Å². The molecular formula is C29H50O4. The van der Waals surface area contributed by atoms with Crippen molar-refractivity contribution in [2.75, 3.05) is 13.2 Å². The lowest BCUT2D eigenvalue weighted by molar-refractivity contribution is 0.0450. The third kappa shape index (κ3) is 17.3. The fourth-order valence-electron chi connectivity index (χ4n) is 3.44. The van der Waals surface area contributed by atoms with Crippen LogP contribution in [0.5, 0.6) is 0 Å². The van der Waals surface area contributed by atoms with E-state index in [4.69, 9.17) is 9.47 Å². The van der Waals surface area contributed by atoms with Crippen LogP contribution in [0.4, 0.5) is 0 Å². The van der Waals surface area contributed by atoms with Crippen LogP contribution < -0.4 is 0 Å².